The summed E-state index contributed by atoms with van der Waals surface area (Å²) in [4.78, 5) is 1.26. The Kier molecular flexibility index (Phi) is 2.57. The van der Waals surface area contributed by atoms with Gasteiger partial charge in [0.1, 0.15) is 5.60 Å². The van der Waals surface area contributed by atoms with Crippen LogP contribution in [0.4, 0.5) is 0 Å². The lowest BCUT2D eigenvalue weighted by Crippen LogP contribution is -2.31. The molecule has 0 radical (unpaired) electrons. The summed E-state index contributed by atoms with van der Waals surface area (Å²) in [7, 11) is 0. The Morgan fingerprint density at radius 2 is 2.12 bits per heavy atom. The van der Waals surface area contributed by atoms with Crippen molar-refractivity contribution in [2.45, 2.75) is 31.8 Å². The van der Waals surface area contributed by atoms with E-state index in [-0.39, 0.29) is 0 Å². The van der Waals surface area contributed by atoms with Crippen LogP contribution in [0.5, 0.6) is 0 Å². The number of rotatable bonds is 1. The molecule has 1 N–H and O–H groups in total. The van der Waals surface area contributed by atoms with Gasteiger partial charge in [0.15, 0.2) is 0 Å². The number of aliphatic hydroxyl groups is 1. The molecule has 0 aliphatic heterocycles. The first-order valence-electron chi connectivity index (χ1n) is 6.06. The second kappa shape index (κ2) is 3.97. The van der Waals surface area contributed by atoms with Crippen molar-refractivity contribution in [1.29, 1.82) is 0 Å². The molecular weight excluding hydrogens is 228 g/mol. The summed E-state index contributed by atoms with van der Waals surface area (Å²) >= 11 is 1.71. The number of hydrogen-bond acceptors (Lipinski definition) is 2. The molecule has 0 fully saturated rings. The van der Waals surface area contributed by atoms with Crippen molar-refractivity contribution in [1.82, 2.24) is 0 Å². The first-order chi connectivity index (χ1) is 8.20. The fourth-order valence-corrected chi connectivity index (χ4v) is 3.54. The fourth-order valence-electron chi connectivity index (χ4n) is 2.77. The zero-order chi connectivity index (χ0) is 11.9. The smallest absolute Gasteiger partial charge is 0.116 e. The van der Waals surface area contributed by atoms with Crippen LogP contribution in [-0.4, -0.2) is 5.11 Å². The molecule has 0 bridgehead atoms. The van der Waals surface area contributed by atoms with Crippen LogP contribution in [0, 0.1) is 6.92 Å². The minimum atomic E-state index is -0.764. The van der Waals surface area contributed by atoms with Crippen molar-refractivity contribution in [2.75, 3.05) is 0 Å². The summed E-state index contributed by atoms with van der Waals surface area (Å²) in [5, 5.41) is 13.1. The van der Waals surface area contributed by atoms with E-state index in [1.165, 1.54) is 10.4 Å². The van der Waals surface area contributed by atoms with Crippen LogP contribution in [0.1, 0.15) is 34.4 Å². The highest BCUT2D eigenvalue weighted by atomic mass is 32.1. The summed E-state index contributed by atoms with van der Waals surface area (Å²) in [6.45, 7) is 2.09. The third kappa shape index (κ3) is 1.72. The van der Waals surface area contributed by atoms with Gasteiger partial charge in [-0.05, 0) is 54.3 Å². The molecule has 0 saturated heterocycles. The van der Waals surface area contributed by atoms with Crippen LogP contribution < -0.4 is 0 Å². The Bertz CT molecular complexity index is 543. The molecule has 2 heteroatoms. The summed E-state index contributed by atoms with van der Waals surface area (Å²) in [5.74, 6) is 0. The quantitative estimate of drug-likeness (QED) is 0.812. The molecule has 1 nitrogen and oxygen atoms in total. The molecule has 1 heterocycles. The lowest BCUT2D eigenvalue weighted by molar-refractivity contribution is 0.0620. The summed E-state index contributed by atoms with van der Waals surface area (Å²) in [6.07, 6.45) is 2.98. The second-order valence-electron chi connectivity index (χ2n) is 4.82. The zero-order valence-electron chi connectivity index (χ0n) is 9.94. The van der Waals surface area contributed by atoms with Crippen molar-refractivity contribution in [2.24, 2.45) is 0 Å². The van der Waals surface area contributed by atoms with E-state index >= 15 is 0 Å². The maximum Gasteiger partial charge on any atom is 0.116 e. The SMILES string of the molecule is Cc1cc(C2(O)CCCc3ccccc32)cs1. The standard InChI is InChI=1S/C15H16OS/c1-11-9-13(10-17-11)15(16)8-4-6-12-5-2-3-7-14(12)15/h2-3,5,7,9-10,16H,4,6,8H2,1H3. The maximum atomic E-state index is 11.0. The van der Waals surface area contributed by atoms with Crippen LogP contribution in [0.3, 0.4) is 0 Å². The first-order valence-corrected chi connectivity index (χ1v) is 6.94. The van der Waals surface area contributed by atoms with E-state index in [2.05, 4.69) is 36.6 Å². The highest BCUT2D eigenvalue weighted by molar-refractivity contribution is 7.10. The van der Waals surface area contributed by atoms with Crippen LogP contribution in [0.2, 0.25) is 0 Å². The van der Waals surface area contributed by atoms with E-state index in [9.17, 15) is 5.11 Å². The first kappa shape index (κ1) is 11.0. The summed E-state index contributed by atoms with van der Waals surface area (Å²) in [6, 6.07) is 10.4. The van der Waals surface area contributed by atoms with Crippen LogP contribution in [0.25, 0.3) is 0 Å². The van der Waals surface area contributed by atoms with E-state index in [4.69, 9.17) is 0 Å². The Balaban J connectivity index is 2.15. The molecule has 0 saturated carbocycles. The monoisotopic (exact) mass is 244 g/mol. The lowest BCUT2D eigenvalue weighted by atomic mass is 9.76. The van der Waals surface area contributed by atoms with Crippen LogP contribution in [0.15, 0.2) is 35.7 Å². The molecule has 0 amide bonds. The molecular formula is C15H16OS. The van der Waals surface area contributed by atoms with Crippen molar-refractivity contribution in [3.8, 4) is 0 Å². The van der Waals surface area contributed by atoms with Gasteiger partial charge in [-0.3, -0.25) is 0 Å². The average Bonchev–Trinajstić information content (AvgIpc) is 2.77. The van der Waals surface area contributed by atoms with Gasteiger partial charge in [0, 0.05) is 4.88 Å². The van der Waals surface area contributed by atoms with Gasteiger partial charge in [-0.2, -0.15) is 0 Å². The molecule has 88 valence electrons. The fraction of sp³-hybridized carbons (Fsp3) is 0.333. The van der Waals surface area contributed by atoms with E-state index in [0.29, 0.717) is 0 Å². The third-order valence-electron chi connectivity index (χ3n) is 3.66. The molecule has 3 rings (SSSR count). The summed E-state index contributed by atoms with van der Waals surface area (Å²) in [5.41, 5.74) is 2.70. The van der Waals surface area contributed by atoms with Crippen LogP contribution in [-0.2, 0) is 12.0 Å². The Labute approximate surface area is 106 Å². The van der Waals surface area contributed by atoms with Gasteiger partial charge in [0.2, 0.25) is 0 Å². The van der Waals surface area contributed by atoms with E-state index in [0.717, 1.165) is 30.4 Å². The molecule has 1 aromatic carbocycles. The van der Waals surface area contributed by atoms with E-state index < -0.39 is 5.60 Å². The van der Waals surface area contributed by atoms with Gasteiger partial charge < -0.3 is 5.11 Å². The van der Waals surface area contributed by atoms with Crippen molar-refractivity contribution >= 4 is 11.3 Å². The van der Waals surface area contributed by atoms with Crippen molar-refractivity contribution in [3.63, 3.8) is 0 Å². The van der Waals surface area contributed by atoms with Gasteiger partial charge in [-0.1, -0.05) is 24.3 Å². The molecule has 2 aromatic rings. The molecule has 17 heavy (non-hydrogen) atoms. The van der Waals surface area contributed by atoms with Gasteiger partial charge in [0.25, 0.3) is 0 Å². The Morgan fingerprint density at radius 3 is 2.88 bits per heavy atom. The van der Waals surface area contributed by atoms with Gasteiger partial charge >= 0.3 is 0 Å². The van der Waals surface area contributed by atoms with Gasteiger partial charge in [0.05, 0.1) is 0 Å². The minimum Gasteiger partial charge on any atom is -0.380 e. The number of aryl methyl sites for hydroxylation is 2. The largest absolute Gasteiger partial charge is 0.380 e. The maximum absolute atomic E-state index is 11.0. The van der Waals surface area contributed by atoms with Gasteiger partial charge in [-0.15, -0.1) is 11.3 Å². The number of thiophene rings is 1. The molecule has 1 atom stereocenters. The third-order valence-corrected chi connectivity index (χ3v) is 4.52. The molecule has 1 aromatic heterocycles. The number of fused-ring (bicyclic) bond motifs is 1. The van der Waals surface area contributed by atoms with Crippen LogP contribution >= 0.6 is 11.3 Å². The summed E-state index contributed by atoms with van der Waals surface area (Å²) < 4.78 is 0. The predicted octanol–water partition coefficient (Wildman–Crippen LogP) is 3.63. The highest BCUT2D eigenvalue weighted by Gasteiger charge is 2.36. The molecule has 1 unspecified atom stereocenters. The zero-order valence-corrected chi connectivity index (χ0v) is 10.8. The Hall–Kier alpha value is -1.12. The van der Waals surface area contributed by atoms with Crippen molar-refractivity contribution < 1.29 is 5.11 Å². The predicted molar refractivity (Wildman–Crippen MR) is 71.4 cm³/mol. The number of benzene rings is 1. The molecule has 1 aliphatic rings. The lowest BCUT2D eigenvalue weighted by Gasteiger charge is -2.34. The normalized spacial score (nSPS) is 23.4. The highest BCUT2D eigenvalue weighted by Crippen LogP contribution is 2.41. The number of hydrogen-bond donors (Lipinski definition) is 1. The van der Waals surface area contributed by atoms with E-state index in [1.54, 1.807) is 11.3 Å². The minimum absolute atomic E-state index is 0.764. The van der Waals surface area contributed by atoms with Gasteiger partial charge in [-0.25, -0.2) is 0 Å². The van der Waals surface area contributed by atoms with E-state index in [1.807, 2.05) is 6.07 Å². The molecule has 0 spiro atoms. The topological polar surface area (TPSA) is 20.2 Å². The van der Waals surface area contributed by atoms with Crippen molar-refractivity contribution in [3.05, 3.63) is 57.3 Å². The molecule has 1 aliphatic carbocycles. The Morgan fingerprint density at radius 1 is 1.29 bits per heavy atom. The average molecular weight is 244 g/mol. The second-order valence-corrected chi connectivity index (χ2v) is 5.93.